The third kappa shape index (κ3) is 5.87. The first-order valence-corrected chi connectivity index (χ1v) is 12.5. The second kappa shape index (κ2) is 10.4. The molecule has 5 N–H and O–H groups in total. The van der Waals surface area contributed by atoms with Gasteiger partial charge in [-0.15, -0.1) is 11.3 Å². The quantitative estimate of drug-likeness (QED) is 0.367. The largest absolute Gasteiger partial charge is 0.395 e. The number of aliphatic hydroxyl groups is 2. The van der Waals surface area contributed by atoms with Crippen molar-refractivity contribution in [2.75, 3.05) is 18.5 Å². The number of rotatable bonds is 8. The molecular weight excluding hydrogens is 467 g/mol. The number of benzene rings is 1. The van der Waals surface area contributed by atoms with Gasteiger partial charge in [0.2, 0.25) is 0 Å². The van der Waals surface area contributed by atoms with Crippen LogP contribution in [0.15, 0.2) is 42.5 Å². The van der Waals surface area contributed by atoms with Gasteiger partial charge < -0.3 is 21.3 Å². The number of likely N-dealkylation sites (tertiary alicyclic amines) is 1. The molecule has 9 heteroatoms. The van der Waals surface area contributed by atoms with Crippen LogP contribution in [0.1, 0.15) is 54.7 Å². The molecule has 1 saturated heterocycles. The van der Waals surface area contributed by atoms with Gasteiger partial charge in [0, 0.05) is 23.0 Å². The fraction of sp³-hybridized carbons (Fsp3) is 0.385. The summed E-state index contributed by atoms with van der Waals surface area (Å²) in [5, 5.41) is 23.5. The summed E-state index contributed by atoms with van der Waals surface area (Å²) in [5.74, 6) is -0.568. The van der Waals surface area contributed by atoms with E-state index < -0.39 is 17.3 Å². The van der Waals surface area contributed by atoms with Gasteiger partial charge in [0.15, 0.2) is 0 Å². The van der Waals surface area contributed by atoms with E-state index >= 15 is 0 Å². The van der Waals surface area contributed by atoms with Crippen LogP contribution >= 0.6 is 11.3 Å². The first-order chi connectivity index (χ1) is 16.7. The van der Waals surface area contributed by atoms with Crippen molar-refractivity contribution < 1.29 is 19.4 Å². The van der Waals surface area contributed by atoms with Gasteiger partial charge in [0.1, 0.15) is 16.6 Å². The minimum atomic E-state index is -1.16. The number of piperidine rings is 1. The van der Waals surface area contributed by atoms with E-state index in [9.17, 15) is 19.4 Å². The fourth-order valence-corrected chi connectivity index (χ4v) is 5.43. The maximum absolute atomic E-state index is 14.9. The van der Waals surface area contributed by atoms with Crippen LogP contribution in [0.5, 0.6) is 0 Å². The van der Waals surface area contributed by atoms with Crippen LogP contribution in [0, 0.1) is 5.82 Å². The molecule has 3 heterocycles. The van der Waals surface area contributed by atoms with Gasteiger partial charge in [-0.3, -0.25) is 9.69 Å². The average Bonchev–Trinajstić information content (AvgIpc) is 3.22. The molecule has 0 saturated carbocycles. The number of primary amides is 1. The lowest BCUT2D eigenvalue weighted by Crippen LogP contribution is -2.41. The summed E-state index contributed by atoms with van der Waals surface area (Å²) in [5.41, 5.74) is 6.33. The fourth-order valence-electron chi connectivity index (χ4n) is 4.33. The number of nitrogens with zero attached hydrogens (tertiary/aromatic N) is 2. The van der Waals surface area contributed by atoms with Crippen LogP contribution in [-0.4, -0.2) is 45.2 Å². The minimum Gasteiger partial charge on any atom is -0.395 e. The Kier molecular flexibility index (Phi) is 7.51. The Labute approximate surface area is 208 Å². The standard InChI is InChI=1S/C26H31FN4O3S/c1-26(2,34)16-9-10-19(21(27)12-16)22-13-20(24(28)33)25(35-22)30-23-8-5-6-17(29-23)14-31-11-4-3-7-18(31)15-32/h5-6,8-10,12-13,18,32,34H,3-4,7,11,14-15H2,1-2H3,(H2,28,33)(H,29,30). The molecule has 0 radical (unpaired) electrons. The van der Waals surface area contributed by atoms with Crippen molar-refractivity contribution in [1.29, 1.82) is 0 Å². The van der Waals surface area contributed by atoms with Crippen molar-refractivity contribution in [2.24, 2.45) is 5.73 Å². The van der Waals surface area contributed by atoms with Gasteiger partial charge in [-0.1, -0.05) is 24.6 Å². The Bertz CT molecular complexity index is 1210. The predicted octanol–water partition coefficient (Wildman–Crippen LogP) is 4.37. The Balaban J connectivity index is 1.58. The third-order valence-electron chi connectivity index (χ3n) is 6.31. The number of pyridine rings is 1. The zero-order chi connectivity index (χ0) is 25.2. The summed E-state index contributed by atoms with van der Waals surface area (Å²) in [6.07, 6.45) is 3.19. The van der Waals surface area contributed by atoms with Crippen molar-refractivity contribution in [3.63, 3.8) is 0 Å². The highest BCUT2D eigenvalue weighted by atomic mass is 32.1. The number of carbonyl (C=O) groups excluding carboxylic acids is 1. The van der Waals surface area contributed by atoms with E-state index in [0.717, 1.165) is 31.5 Å². The van der Waals surface area contributed by atoms with E-state index in [1.165, 1.54) is 17.4 Å². The van der Waals surface area contributed by atoms with Crippen molar-refractivity contribution in [3.8, 4) is 10.4 Å². The van der Waals surface area contributed by atoms with Gasteiger partial charge in [0.05, 0.1) is 23.5 Å². The van der Waals surface area contributed by atoms with E-state index in [4.69, 9.17) is 5.73 Å². The lowest BCUT2D eigenvalue weighted by atomic mass is 9.96. The molecule has 1 aliphatic heterocycles. The number of anilines is 2. The maximum Gasteiger partial charge on any atom is 0.251 e. The van der Waals surface area contributed by atoms with Crippen LogP contribution in [0.3, 0.4) is 0 Å². The maximum atomic E-state index is 14.9. The topological polar surface area (TPSA) is 112 Å². The number of hydrogen-bond donors (Lipinski definition) is 4. The summed E-state index contributed by atoms with van der Waals surface area (Å²) in [4.78, 5) is 19.6. The van der Waals surface area contributed by atoms with Crippen LogP contribution in [0.2, 0.25) is 0 Å². The number of aliphatic hydroxyl groups excluding tert-OH is 1. The number of thiophene rings is 1. The highest BCUT2D eigenvalue weighted by Gasteiger charge is 2.23. The number of aromatic nitrogens is 1. The Morgan fingerprint density at radius 3 is 2.77 bits per heavy atom. The SMILES string of the molecule is CC(C)(O)c1ccc(-c2cc(C(N)=O)c(Nc3cccc(CN4CCCCC4CO)n3)s2)c(F)c1. The molecule has 4 rings (SSSR count). The Morgan fingerprint density at radius 2 is 2.09 bits per heavy atom. The number of carbonyl (C=O) groups is 1. The summed E-state index contributed by atoms with van der Waals surface area (Å²) in [6, 6.07) is 11.9. The van der Waals surface area contributed by atoms with E-state index in [-0.39, 0.29) is 18.2 Å². The van der Waals surface area contributed by atoms with Gasteiger partial charge in [0.25, 0.3) is 5.91 Å². The van der Waals surface area contributed by atoms with Crippen LogP contribution in [0.4, 0.5) is 15.2 Å². The number of halogens is 1. The molecule has 1 aromatic carbocycles. The molecule has 2 aromatic heterocycles. The zero-order valence-corrected chi connectivity index (χ0v) is 20.7. The number of nitrogens with one attached hydrogen (secondary N) is 1. The molecule has 0 aliphatic carbocycles. The zero-order valence-electron chi connectivity index (χ0n) is 19.9. The van der Waals surface area contributed by atoms with Gasteiger partial charge in [-0.05, 0) is 63.1 Å². The van der Waals surface area contributed by atoms with Gasteiger partial charge in [-0.25, -0.2) is 9.37 Å². The molecule has 1 atom stereocenters. The average molecular weight is 499 g/mol. The second-order valence-corrected chi connectivity index (χ2v) is 10.5. The molecule has 1 fully saturated rings. The molecule has 186 valence electrons. The Morgan fingerprint density at radius 1 is 1.29 bits per heavy atom. The monoisotopic (exact) mass is 498 g/mol. The van der Waals surface area contributed by atoms with Crippen molar-refractivity contribution >= 4 is 28.1 Å². The van der Waals surface area contributed by atoms with E-state index in [1.54, 1.807) is 38.1 Å². The minimum absolute atomic E-state index is 0.130. The molecule has 1 aliphatic rings. The molecule has 1 amide bonds. The highest BCUT2D eigenvalue weighted by molar-refractivity contribution is 7.19. The summed E-state index contributed by atoms with van der Waals surface area (Å²) in [7, 11) is 0. The normalized spacial score (nSPS) is 16.9. The van der Waals surface area contributed by atoms with Gasteiger partial charge in [-0.2, -0.15) is 0 Å². The number of amides is 1. The van der Waals surface area contributed by atoms with E-state index in [1.807, 2.05) is 12.1 Å². The molecule has 1 unspecified atom stereocenters. The number of nitrogens with two attached hydrogens (primary N) is 1. The first kappa shape index (κ1) is 25.2. The van der Waals surface area contributed by atoms with Crippen LogP contribution in [0.25, 0.3) is 10.4 Å². The van der Waals surface area contributed by atoms with E-state index in [2.05, 4.69) is 15.2 Å². The van der Waals surface area contributed by atoms with Crippen molar-refractivity contribution in [2.45, 2.75) is 51.3 Å². The smallest absolute Gasteiger partial charge is 0.251 e. The lowest BCUT2D eigenvalue weighted by molar-refractivity contribution is 0.0782. The van der Waals surface area contributed by atoms with Crippen LogP contribution in [-0.2, 0) is 12.1 Å². The summed E-state index contributed by atoms with van der Waals surface area (Å²) >= 11 is 1.21. The summed E-state index contributed by atoms with van der Waals surface area (Å²) in [6.45, 7) is 4.86. The third-order valence-corrected chi connectivity index (χ3v) is 7.40. The van der Waals surface area contributed by atoms with Crippen molar-refractivity contribution in [3.05, 3.63) is 65.1 Å². The van der Waals surface area contributed by atoms with Crippen LogP contribution < -0.4 is 11.1 Å². The molecule has 7 nitrogen and oxygen atoms in total. The Hall–Kier alpha value is -2.85. The highest BCUT2D eigenvalue weighted by Crippen LogP contribution is 2.38. The molecular formula is C26H31FN4O3S. The lowest BCUT2D eigenvalue weighted by Gasteiger charge is -2.34. The summed E-state index contributed by atoms with van der Waals surface area (Å²) < 4.78 is 14.9. The predicted molar refractivity (Wildman–Crippen MR) is 136 cm³/mol. The van der Waals surface area contributed by atoms with E-state index in [0.29, 0.717) is 33.4 Å². The molecule has 35 heavy (non-hydrogen) atoms. The second-order valence-electron chi connectivity index (χ2n) is 9.41. The molecule has 3 aromatic rings. The van der Waals surface area contributed by atoms with Gasteiger partial charge >= 0.3 is 0 Å². The van der Waals surface area contributed by atoms with Crippen molar-refractivity contribution in [1.82, 2.24) is 9.88 Å². The molecule has 0 bridgehead atoms. The molecule has 0 spiro atoms. The number of hydrogen-bond acceptors (Lipinski definition) is 7. The first-order valence-electron chi connectivity index (χ1n) is 11.7.